The van der Waals surface area contributed by atoms with E-state index in [2.05, 4.69) is 5.32 Å². The molecule has 0 spiro atoms. The molecular weight excluding hydrogens is 286 g/mol. The monoisotopic (exact) mass is 309 g/mol. The van der Waals surface area contributed by atoms with Gasteiger partial charge in [0.25, 0.3) is 0 Å². The first-order valence-corrected chi connectivity index (χ1v) is 7.17. The number of methoxy groups -OCH3 is 1. The van der Waals surface area contributed by atoms with Crippen LogP contribution in [-0.2, 0) is 20.7 Å². The van der Waals surface area contributed by atoms with Crippen LogP contribution in [0, 0.1) is 5.92 Å². The Labute approximate surface area is 130 Å². The lowest BCUT2D eigenvalue weighted by molar-refractivity contribution is -0.141. The zero-order chi connectivity index (χ0) is 16.5. The molecule has 0 aliphatic carbocycles. The van der Waals surface area contributed by atoms with Crippen molar-refractivity contribution in [2.75, 3.05) is 20.3 Å². The second kappa shape index (κ2) is 9.04. The van der Waals surface area contributed by atoms with E-state index in [-0.39, 0.29) is 31.6 Å². The third kappa shape index (κ3) is 6.13. The summed E-state index contributed by atoms with van der Waals surface area (Å²) in [4.78, 5) is 23.0. The van der Waals surface area contributed by atoms with Gasteiger partial charge in [-0.2, -0.15) is 0 Å². The van der Waals surface area contributed by atoms with Gasteiger partial charge in [-0.25, -0.2) is 0 Å². The van der Waals surface area contributed by atoms with Crippen molar-refractivity contribution < 1.29 is 24.2 Å². The summed E-state index contributed by atoms with van der Waals surface area (Å²) in [7, 11) is 1.54. The van der Waals surface area contributed by atoms with Gasteiger partial charge < -0.3 is 19.9 Å². The van der Waals surface area contributed by atoms with Crippen LogP contribution < -0.4 is 10.1 Å². The number of benzene rings is 1. The molecule has 1 amide bonds. The van der Waals surface area contributed by atoms with E-state index in [1.54, 1.807) is 13.2 Å². The number of rotatable bonds is 9. The molecule has 6 nitrogen and oxygen atoms in total. The highest BCUT2D eigenvalue weighted by Gasteiger charge is 2.20. The molecule has 1 aromatic rings. The number of hydrogen-bond acceptors (Lipinski definition) is 4. The number of hydrogen-bond donors (Lipinski definition) is 2. The molecular formula is C16H23NO5. The number of ether oxygens (including phenoxy) is 2. The first-order valence-electron chi connectivity index (χ1n) is 7.17. The molecule has 0 fully saturated rings. The van der Waals surface area contributed by atoms with Crippen molar-refractivity contribution >= 4 is 11.9 Å². The lowest BCUT2D eigenvalue weighted by atomic mass is 9.98. The molecule has 0 aromatic heterocycles. The molecule has 122 valence electrons. The van der Waals surface area contributed by atoms with Gasteiger partial charge in [-0.1, -0.05) is 18.2 Å². The Kier molecular flexibility index (Phi) is 7.39. The molecule has 0 saturated carbocycles. The van der Waals surface area contributed by atoms with Gasteiger partial charge in [-0.05, 0) is 31.9 Å². The van der Waals surface area contributed by atoms with E-state index >= 15 is 0 Å². The predicted molar refractivity (Wildman–Crippen MR) is 81.9 cm³/mol. The zero-order valence-electron chi connectivity index (χ0n) is 13.2. The van der Waals surface area contributed by atoms with Crippen molar-refractivity contribution in [3.8, 4) is 5.75 Å². The van der Waals surface area contributed by atoms with Crippen molar-refractivity contribution in [1.29, 1.82) is 0 Å². The fraction of sp³-hybridized carbons (Fsp3) is 0.500. The Morgan fingerprint density at radius 3 is 2.55 bits per heavy atom. The van der Waals surface area contributed by atoms with Gasteiger partial charge in [0.05, 0.1) is 19.1 Å². The van der Waals surface area contributed by atoms with Crippen LogP contribution in [0.5, 0.6) is 5.75 Å². The van der Waals surface area contributed by atoms with Crippen LogP contribution in [0.3, 0.4) is 0 Å². The lowest BCUT2D eigenvalue weighted by Crippen LogP contribution is -2.36. The highest BCUT2D eigenvalue weighted by Crippen LogP contribution is 2.20. The molecule has 22 heavy (non-hydrogen) atoms. The van der Waals surface area contributed by atoms with E-state index in [0.717, 1.165) is 5.56 Å². The van der Waals surface area contributed by atoms with Gasteiger partial charge in [0.15, 0.2) is 0 Å². The molecule has 0 heterocycles. The molecule has 1 atom stereocenters. The number of carbonyl (C=O) groups excluding carboxylic acids is 1. The van der Waals surface area contributed by atoms with E-state index in [1.807, 2.05) is 32.0 Å². The molecule has 0 bridgehead atoms. The van der Waals surface area contributed by atoms with Crippen molar-refractivity contribution in [2.24, 2.45) is 5.92 Å². The molecule has 0 radical (unpaired) electrons. The third-order valence-electron chi connectivity index (χ3n) is 3.10. The zero-order valence-corrected chi connectivity index (χ0v) is 13.2. The maximum Gasteiger partial charge on any atom is 0.308 e. The average molecular weight is 309 g/mol. The highest BCUT2D eigenvalue weighted by atomic mass is 16.5. The Morgan fingerprint density at radius 2 is 1.95 bits per heavy atom. The number of para-hydroxylation sites is 1. The maximum absolute atomic E-state index is 11.6. The maximum atomic E-state index is 11.6. The van der Waals surface area contributed by atoms with E-state index in [0.29, 0.717) is 5.75 Å². The molecule has 0 saturated heterocycles. The van der Waals surface area contributed by atoms with Crippen LogP contribution in [-0.4, -0.2) is 43.3 Å². The molecule has 1 unspecified atom stereocenters. The van der Waals surface area contributed by atoms with E-state index in [4.69, 9.17) is 9.47 Å². The Morgan fingerprint density at radius 1 is 1.27 bits per heavy atom. The molecule has 1 rings (SSSR count). The number of nitrogens with one attached hydrogen (secondary N) is 1. The molecule has 0 aliphatic rings. The van der Waals surface area contributed by atoms with Crippen LogP contribution in [0.4, 0.5) is 0 Å². The Balaban J connectivity index is 2.59. The van der Waals surface area contributed by atoms with Crippen molar-refractivity contribution in [1.82, 2.24) is 5.32 Å². The third-order valence-corrected chi connectivity index (χ3v) is 3.10. The minimum atomic E-state index is -0.962. The summed E-state index contributed by atoms with van der Waals surface area (Å²) in [5, 5.41) is 11.9. The summed E-state index contributed by atoms with van der Waals surface area (Å²) in [5.41, 5.74) is 0.796. The molecule has 6 heteroatoms. The summed E-state index contributed by atoms with van der Waals surface area (Å²) in [6.07, 6.45) is 0.236. The second-order valence-electron chi connectivity index (χ2n) is 5.21. The van der Waals surface area contributed by atoms with Crippen LogP contribution in [0.2, 0.25) is 0 Å². The van der Waals surface area contributed by atoms with Crippen LogP contribution in [0.25, 0.3) is 0 Å². The SMILES string of the molecule is COc1ccccc1CC(CNC(=O)COC(C)C)C(=O)O. The molecule has 2 N–H and O–H groups in total. The summed E-state index contributed by atoms with van der Waals surface area (Å²) in [5.74, 6) is -1.36. The van der Waals surface area contributed by atoms with Gasteiger partial charge >= 0.3 is 5.97 Å². The van der Waals surface area contributed by atoms with Crippen LogP contribution in [0.15, 0.2) is 24.3 Å². The van der Waals surface area contributed by atoms with Gasteiger partial charge in [-0.3, -0.25) is 9.59 Å². The fourth-order valence-electron chi connectivity index (χ4n) is 1.91. The minimum absolute atomic E-state index is 0.0467. The van der Waals surface area contributed by atoms with Gasteiger partial charge in [0.2, 0.25) is 5.91 Å². The number of aliphatic carboxylic acids is 1. The summed E-state index contributed by atoms with van der Waals surface area (Å²) >= 11 is 0. The first kappa shape index (κ1) is 18.0. The van der Waals surface area contributed by atoms with Crippen molar-refractivity contribution in [2.45, 2.75) is 26.4 Å². The summed E-state index contributed by atoms with van der Waals surface area (Å²) in [6, 6.07) is 7.25. The number of carboxylic acid groups (broad SMARTS) is 1. The summed E-state index contributed by atoms with van der Waals surface area (Å²) in [6.45, 7) is 3.64. The van der Waals surface area contributed by atoms with E-state index in [9.17, 15) is 14.7 Å². The molecule has 1 aromatic carbocycles. The van der Waals surface area contributed by atoms with Crippen molar-refractivity contribution in [3.05, 3.63) is 29.8 Å². The number of carbonyl (C=O) groups is 2. The number of amides is 1. The first-order chi connectivity index (χ1) is 10.4. The standard InChI is InChI=1S/C16H23NO5/c1-11(2)22-10-15(18)17-9-13(16(19)20)8-12-6-4-5-7-14(12)21-3/h4-7,11,13H,8-10H2,1-3H3,(H,17,18)(H,19,20). The second-order valence-corrected chi connectivity index (χ2v) is 5.21. The normalized spacial score (nSPS) is 12.0. The Hall–Kier alpha value is -2.08. The average Bonchev–Trinajstić information content (AvgIpc) is 2.49. The Bertz CT molecular complexity index is 501. The van der Waals surface area contributed by atoms with Gasteiger partial charge in [0.1, 0.15) is 12.4 Å². The number of carboxylic acids is 1. The quantitative estimate of drug-likeness (QED) is 0.722. The lowest BCUT2D eigenvalue weighted by Gasteiger charge is -2.16. The van der Waals surface area contributed by atoms with E-state index < -0.39 is 11.9 Å². The van der Waals surface area contributed by atoms with Crippen molar-refractivity contribution in [3.63, 3.8) is 0 Å². The summed E-state index contributed by atoms with van der Waals surface area (Å²) < 4.78 is 10.4. The van der Waals surface area contributed by atoms with Crippen LogP contribution in [0.1, 0.15) is 19.4 Å². The fourth-order valence-corrected chi connectivity index (χ4v) is 1.91. The smallest absolute Gasteiger partial charge is 0.308 e. The molecule has 0 aliphatic heterocycles. The predicted octanol–water partition coefficient (Wildman–Crippen LogP) is 1.48. The minimum Gasteiger partial charge on any atom is -0.496 e. The highest BCUT2D eigenvalue weighted by molar-refractivity contribution is 5.78. The van der Waals surface area contributed by atoms with Gasteiger partial charge in [0, 0.05) is 6.54 Å². The van der Waals surface area contributed by atoms with Gasteiger partial charge in [-0.15, -0.1) is 0 Å². The van der Waals surface area contributed by atoms with E-state index in [1.165, 1.54) is 0 Å². The topological polar surface area (TPSA) is 84.9 Å². The van der Waals surface area contributed by atoms with Crippen LogP contribution >= 0.6 is 0 Å². The largest absolute Gasteiger partial charge is 0.496 e.